The summed E-state index contributed by atoms with van der Waals surface area (Å²) in [5.41, 5.74) is 1.02. The van der Waals surface area contributed by atoms with E-state index in [1.54, 1.807) is 12.3 Å². The van der Waals surface area contributed by atoms with E-state index in [1.807, 2.05) is 6.07 Å². The van der Waals surface area contributed by atoms with Gasteiger partial charge in [-0.3, -0.25) is 0 Å². The van der Waals surface area contributed by atoms with Crippen LogP contribution in [-0.4, -0.2) is 4.98 Å². The Balaban J connectivity index is 2.89. The first-order valence-corrected chi connectivity index (χ1v) is 5.21. The molecule has 2 aromatic rings. The second-order valence-corrected chi connectivity index (χ2v) is 4.18. The summed E-state index contributed by atoms with van der Waals surface area (Å²) in [7, 11) is 0. The standard InChI is InChI=1S/C12H11ClFN/c1-7(2)9-6-15-12(13)11-8(9)4-3-5-10(11)14/h3-7H,1-2H3. The van der Waals surface area contributed by atoms with Gasteiger partial charge in [-0.15, -0.1) is 0 Å². The van der Waals surface area contributed by atoms with Crippen molar-refractivity contribution in [1.29, 1.82) is 0 Å². The van der Waals surface area contributed by atoms with Gasteiger partial charge in [-0.2, -0.15) is 0 Å². The van der Waals surface area contributed by atoms with E-state index in [4.69, 9.17) is 11.6 Å². The van der Waals surface area contributed by atoms with Crippen LogP contribution in [0.1, 0.15) is 25.3 Å². The Bertz CT molecular complexity index is 500. The number of pyridine rings is 1. The van der Waals surface area contributed by atoms with Gasteiger partial charge in [0.05, 0.1) is 5.39 Å². The quantitative estimate of drug-likeness (QED) is 0.662. The lowest BCUT2D eigenvalue weighted by molar-refractivity contribution is 0.639. The van der Waals surface area contributed by atoms with Crippen molar-refractivity contribution >= 4 is 22.4 Å². The van der Waals surface area contributed by atoms with Gasteiger partial charge in [-0.25, -0.2) is 9.37 Å². The van der Waals surface area contributed by atoms with Crippen molar-refractivity contribution in [2.24, 2.45) is 0 Å². The molecular weight excluding hydrogens is 213 g/mol. The molecule has 0 saturated heterocycles. The normalized spacial score (nSPS) is 11.3. The molecule has 3 heteroatoms. The van der Waals surface area contributed by atoms with Crippen LogP contribution in [-0.2, 0) is 0 Å². The van der Waals surface area contributed by atoms with E-state index in [-0.39, 0.29) is 11.0 Å². The first-order chi connectivity index (χ1) is 7.11. The molecule has 0 N–H and O–H groups in total. The number of benzene rings is 1. The second-order valence-electron chi connectivity index (χ2n) is 3.82. The van der Waals surface area contributed by atoms with E-state index < -0.39 is 0 Å². The predicted molar refractivity (Wildman–Crippen MR) is 60.8 cm³/mol. The molecule has 1 heterocycles. The largest absolute Gasteiger partial charge is 0.243 e. The molecule has 1 nitrogen and oxygen atoms in total. The summed E-state index contributed by atoms with van der Waals surface area (Å²) in [6.07, 6.45) is 1.72. The zero-order chi connectivity index (χ0) is 11.0. The fraction of sp³-hybridized carbons (Fsp3) is 0.250. The highest BCUT2D eigenvalue weighted by atomic mass is 35.5. The van der Waals surface area contributed by atoms with Crippen LogP contribution in [0.2, 0.25) is 5.15 Å². The van der Waals surface area contributed by atoms with Gasteiger partial charge in [0, 0.05) is 6.20 Å². The maximum Gasteiger partial charge on any atom is 0.139 e. The number of hydrogen-bond donors (Lipinski definition) is 0. The Kier molecular flexibility index (Phi) is 2.61. The average molecular weight is 224 g/mol. The average Bonchev–Trinajstić information content (AvgIpc) is 2.17. The molecule has 0 aliphatic rings. The lowest BCUT2D eigenvalue weighted by Gasteiger charge is -2.10. The maximum absolute atomic E-state index is 13.6. The number of aromatic nitrogens is 1. The minimum Gasteiger partial charge on any atom is -0.243 e. The number of hydrogen-bond acceptors (Lipinski definition) is 1. The molecule has 0 aliphatic carbocycles. The molecule has 1 aromatic carbocycles. The van der Waals surface area contributed by atoms with Gasteiger partial charge in [0.1, 0.15) is 11.0 Å². The van der Waals surface area contributed by atoms with E-state index in [2.05, 4.69) is 18.8 Å². The van der Waals surface area contributed by atoms with Gasteiger partial charge in [-0.1, -0.05) is 37.6 Å². The Morgan fingerprint density at radius 1 is 1.33 bits per heavy atom. The highest BCUT2D eigenvalue weighted by Gasteiger charge is 2.11. The van der Waals surface area contributed by atoms with Crippen LogP contribution in [0.5, 0.6) is 0 Å². The smallest absolute Gasteiger partial charge is 0.139 e. The van der Waals surface area contributed by atoms with Crippen molar-refractivity contribution in [2.45, 2.75) is 19.8 Å². The van der Waals surface area contributed by atoms with Crippen molar-refractivity contribution in [3.63, 3.8) is 0 Å². The first kappa shape index (κ1) is 10.4. The van der Waals surface area contributed by atoms with E-state index in [0.717, 1.165) is 10.9 Å². The molecule has 0 amide bonds. The summed E-state index contributed by atoms with van der Waals surface area (Å²) < 4.78 is 13.6. The molecule has 0 fully saturated rings. The van der Waals surface area contributed by atoms with Gasteiger partial charge >= 0.3 is 0 Å². The predicted octanol–water partition coefficient (Wildman–Crippen LogP) is 4.15. The van der Waals surface area contributed by atoms with Crippen LogP contribution >= 0.6 is 11.6 Å². The fourth-order valence-electron chi connectivity index (χ4n) is 1.69. The topological polar surface area (TPSA) is 12.9 Å². The van der Waals surface area contributed by atoms with Crippen molar-refractivity contribution < 1.29 is 4.39 Å². The van der Waals surface area contributed by atoms with Gasteiger partial charge in [0.2, 0.25) is 0 Å². The van der Waals surface area contributed by atoms with E-state index in [9.17, 15) is 4.39 Å². The summed E-state index contributed by atoms with van der Waals surface area (Å²) in [6, 6.07) is 4.97. The third-order valence-corrected chi connectivity index (χ3v) is 2.76. The third kappa shape index (κ3) is 1.70. The van der Waals surface area contributed by atoms with Gasteiger partial charge < -0.3 is 0 Å². The van der Waals surface area contributed by atoms with Crippen molar-refractivity contribution in [1.82, 2.24) is 4.98 Å². The summed E-state index contributed by atoms with van der Waals surface area (Å²) in [6.45, 7) is 4.10. The Hall–Kier alpha value is -1.15. The molecule has 0 atom stereocenters. The minimum atomic E-state index is -0.312. The van der Waals surface area contributed by atoms with Crippen molar-refractivity contribution in [2.75, 3.05) is 0 Å². The van der Waals surface area contributed by atoms with Crippen LogP contribution in [0, 0.1) is 5.82 Å². The van der Waals surface area contributed by atoms with Crippen LogP contribution in [0.25, 0.3) is 10.8 Å². The summed E-state index contributed by atoms with van der Waals surface area (Å²) >= 11 is 5.89. The van der Waals surface area contributed by atoms with Gasteiger partial charge in [-0.05, 0) is 22.9 Å². The van der Waals surface area contributed by atoms with Crippen LogP contribution in [0.3, 0.4) is 0 Å². The zero-order valence-corrected chi connectivity index (χ0v) is 9.35. The maximum atomic E-state index is 13.6. The highest BCUT2D eigenvalue weighted by molar-refractivity contribution is 6.34. The van der Waals surface area contributed by atoms with E-state index in [1.165, 1.54) is 6.07 Å². The van der Waals surface area contributed by atoms with Crippen LogP contribution in [0.4, 0.5) is 4.39 Å². The zero-order valence-electron chi connectivity index (χ0n) is 8.59. The van der Waals surface area contributed by atoms with Gasteiger partial charge in [0.15, 0.2) is 0 Å². The third-order valence-electron chi connectivity index (χ3n) is 2.47. The Labute approximate surface area is 92.9 Å². The van der Waals surface area contributed by atoms with E-state index in [0.29, 0.717) is 11.3 Å². The van der Waals surface area contributed by atoms with E-state index >= 15 is 0 Å². The molecule has 2 rings (SSSR count). The summed E-state index contributed by atoms with van der Waals surface area (Å²) in [4.78, 5) is 4.01. The molecule has 0 saturated carbocycles. The molecule has 15 heavy (non-hydrogen) atoms. The lowest BCUT2D eigenvalue weighted by Crippen LogP contribution is -1.94. The number of fused-ring (bicyclic) bond motifs is 1. The molecule has 0 bridgehead atoms. The van der Waals surface area contributed by atoms with Crippen LogP contribution in [0.15, 0.2) is 24.4 Å². The highest BCUT2D eigenvalue weighted by Crippen LogP contribution is 2.30. The summed E-state index contributed by atoms with van der Waals surface area (Å²) in [5.74, 6) is -0.00781. The van der Waals surface area contributed by atoms with Crippen molar-refractivity contribution in [3.05, 3.63) is 40.9 Å². The second kappa shape index (κ2) is 3.78. The molecule has 0 radical (unpaired) electrons. The lowest BCUT2D eigenvalue weighted by atomic mass is 9.99. The van der Waals surface area contributed by atoms with Gasteiger partial charge in [0.25, 0.3) is 0 Å². The monoisotopic (exact) mass is 223 g/mol. The number of rotatable bonds is 1. The molecule has 0 spiro atoms. The molecular formula is C12H11ClFN. The molecule has 78 valence electrons. The SMILES string of the molecule is CC(C)c1cnc(Cl)c2c(F)cccc12. The number of nitrogens with zero attached hydrogens (tertiary/aromatic N) is 1. The Morgan fingerprint density at radius 3 is 2.73 bits per heavy atom. The molecule has 0 unspecified atom stereocenters. The summed E-state index contributed by atoms with van der Waals surface area (Å²) in [5, 5.41) is 1.50. The minimum absolute atomic E-state index is 0.229. The molecule has 1 aromatic heterocycles. The number of halogens is 2. The first-order valence-electron chi connectivity index (χ1n) is 4.84. The van der Waals surface area contributed by atoms with Crippen LogP contribution < -0.4 is 0 Å². The fourth-order valence-corrected chi connectivity index (χ4v) is 1.94. The van der Waals surface area contributed by atoms with Crippen molar-refractivity contribution in [3.8, 4) is 0 Å². The Morgan fingerprint density at radius 2 is 2.07 bits per heavy atom. The molecule has 0 aliphatic heterocycles.